The van der Waals surface area contributed by atoms with Crippen molar-refractivity contribution in [2.24, 2.45) is 0 Å². The number of ether oxygens (including phenoxy) is 1. The molecule has 0 fully saturated rings. The number of nitrogens with zero attached hydrogens (tertiary/aromatic N) is 1. The van der Waals surface area contributed by atoms with Gasteiger partial charge >= 0.3 is 0 Å². The quantitative estimate of drug-likeness (QED) is 0.289. The zero-order valence-corrected chi connectivity index (χ0v) is 20.0. The van der Waals surface area contributed by atoms with Crippen LogP contribution in [0.4, 0.5) is 17.1 Å². The maximum Gasteiger partial charge on any atom is 0.134 e. The molecule has 0 aliphatic rings. The molecule has 4 rings (SSSR count). The van der Waals surface area contributed by atoms with Crippen LogP contribution in [-0.4, -0.2) is 15.3 Å². The van der Waals surface area contributed by atoms with Crippen LogP contribution >= 0.6 is 0 Å². The predicted octanol–water partition coefficient (Wildman–Crippen LogP) is 7.61. The summed E-state index contributed by atoms with van der Waals surface area (Å²) in [4.78, 5) is 2.02. The van der Waals surface area contributed by atoms with Crippen LogP contribution in [0.15, 0.2) is 66.7 Å². The molecule has 34 heavy (non-hydrogen) atoms. The summed E-state index contributed by atoms with van der Waals surface area (Å²) in [7, 11) is 0. The van der Waals surface area contributed by atoms with Crippen molar-refractivity contribution in [2.75, 3.05) is 4.90 Å². The highest BCUT2D eigenvalue weighted by Gasteiger charge is 2.21. The molecule has 4 aromatic rings. The summed E-state index contributed by atoms with van der Waals surface area (Å²) < 4.78 is 6.12. The van der Waals surface area contributed by atoms with E-state index in [1.165, 1.54) is 0 Å². The lowest BCUT2D eigenvalue weighted by Gasteiger charge is -2.30. The molecular weight excluding hydrogens is 426 g/mol. The molecule has 0 aliphatic carbocycles. The van der Waals surface area contributed by atoms with Gasteiger partial charge in [0.2, 0.25) is 0 Å². The Kier molecular flexibility index (Phi) is 6.12. The first-order chi connectivity index (χ1) is 16.2. The number of hydrogen-bond donors (Lipinski definition) is 3. The lowest BCUT2D eigenvalue weighted by Crippen LogP contribution is -2.13. The summed E-state index contributed by atoms with van der Waals surface area (Å²) in [5.41, 5.74) is 6.34. The molecule has 0 unspecified atom stereocenters. The van der Waals surface area contributed by atoms with E-state index in [0.29, 0.717) is 17.1 Å². The minimum Gasteiger partial charge on any atom is -0.508 e. The third kappa shape index (κ3) is 4.37. The van der Waals surface area contributed by atoms with Crippen LogP contribution in [0.3, 0.4) is 0 Å². The van der Waals surface area contributed by atoms with E-state index in [-0.39, 0.29) is 17.2 Å². The average molecular weight is 456 g/mol. The SMILES string of the molecule is Cc1cc(O)c(C)c(N(c2cccc(Oc3cccc(O)c3C)c2)c2cc(C)cc(O)c2C)c1. The van der Waals surface area contributed by atoms with Crippen LogP contribution in [0, 0.1) is 34.6 Å². The van der Waals surface area contributed by atoms with Crippen LogP contribution in [-0.2, 0) is 0 Å². The summed E-state index contributed by atoms with van der Waals surface area (Å²) in [5.74, 6) is 1.75. The fraction of sp³-hybridized carbons (Fsp3) is 0.172. The number of phenols is 3. The molecule has 4 aromatic carbocycles. The second-order valence-corrected chi connectivity index (χ2v) is 8.69. The second-order valence-electron chi connectivity index (χ2n) is 8.69. The molecule has 5 heteroatoms. The van der Waals surface area contributed by atoms with Gasteiger partial charge < -0.3 is 25.0 Å². The Morgan fingerprint density at radius 2 is 1.15 bits per heavy atom. The van der Waals surface area contributed by atoms with E-state index in [0.717, 1.165) is 39.3 Å². The molecule has 0 saturated carbocycles. The van der Waals surface area contributed by atoms with Crippen LogP contribution in [0.2, 0.25) is 0 Å². The molecule has 0 saturated heterocycles. The highest BCUT2D eigenvalue weighted by atomic mass is 16.5. The van der Waals surface area contributed by atoms with E-state index >= 15 is 0 Å². The lowest BCUT2D eigenvalue weighted by molar-refractivity contribution is 0.448. The van der Waals surface area contributed by atoms with E-state index in [4.69, 9.17) is 4.74 Å². The number of hydrogen-bond acceptors (Lipinski definition) is 5. The highest BCUT2D eigenvalue weighted by Crippen LogP contribution is 2.44. The molecule has 0 amide bonds. The Balaban J connectivity index is 1.91. The van der Waals surface area contributed by atoms with E-state index < -0.39 is 0 Å². The average Bonchev–Trinajstić information content (AvgIpc) is 2.78. The predicted molar refractivity (Wildman–Crippen MR) is 136 cm³/mol. The second kappa shape index (κ2) is 9.02. The zero-order chi connectivity index (χ0) is 24.6. The van der Waals surface area contributed by atoms with Crippen molar-refractivity contribution in [1.82, 2.24) is 0 Å². The zero-order valence-electron chi connectivity index (χ0n) is 20.0. The van der Waals surface area contributed by atoms with E-state index in [1.807, 2.05) is 75.1 Å². The number of anilines is 3. The first-order valence-electron chi connectivity index (χ1n) is 11.1. The van der Waals surface area contributed by atoms with Crippen molar-refractivity contribution >= 4 is 17.1 Å². The van der Waals surface area contributed by atoms with Crippen molar-refractivity contribution < 1.29 is 20.1 Å². The van der Waals surface area contributed by atoms with E-state index in [1.54, 1.807) is 31.2 Å². The minimum atomic E-state index is 0.173. The van der Waals surface area contributed by atoms with Gasteiger partial charge in [-0.3, -0.25) is 0 Å². The van der Waals surface area contributed by atoms with Crippen LogP contribution < -0.4 is 9.64 Å². The molecule has 0 aliphatic heterocycles. The van der Waals surface area contributed by atoms with Crippen LogP contribution in [0.1, 0.15) is 27.8 Å². The highest BCUT2D eigenvalue weighted by molar-refractivity contribution is 5.83. The minimum absolute atomic E-state index is 0.173. The largest absolute Gasteiger partial charge is 0.508 e. The van der Waals surface area contributed by atoms with Crippen molar-refractivity contribution in [2.45, 2.75) is 34.6 Å². The van der Waals surface area contributed by atoms with Gasteiger partial charge in [0.25, 0.3) is 0 Å². The van der Waals surface area contributed by atoms with Gasteiger partial charge in [-0.2, -0.15) is 0 Å². The summed E-state index contributed by atoms with van der Waals surface area (Å²) >= 11 is 0. The van der Waals surface area contributed by atoms with Crippen molar-refractivity contribution in [3.05, 3.63) is 94.5 Å². The number of aryl methyl sites for hydroxylation is 2. The van der Waals surface area contributed by atoms with Crippen molar-refractivity contribution in [3.8, 4) is 28.7 Å². The van der Waals surface area contributed by atoms with Gasteiger partial charge in [-0.05, 0) is 94.3 Å². The van der Waals surface area contributed by atoms with Gasteiger partial charge in [0, 0.05) is 28.4 Å². The Bertz CT molecular complexity index is 1320. The van der Waals surface area contributed by atoms with Gasteiger partial charge in [-0.1, -0.05) is 12.1 Å². The number of phenolic OH excluding ortho intramolecular Hbond substituents is 3. The van der Waals surface area contributed by atoms with E-state index in [2.05, 4.69) is 0 Å². The van der Waals surface area contributed by atoms with Gasteiger partial charge in [0.05, 0.1) is 11.4 Å². The Hall–Kier alpha value is -4.12. The van der Waals surface area contributed by atoms with Gasteiger partial charge in [0.15, 0.2) is 0 Å². The van der Waals surface area contributed by atoms with Crippen LogP contribution in [0.25, 0.3) is 0 Å². The molecule has 174 valence electrons. The first-order valence-corrected chi connectivity index (χ1v) is 11.1. The molecule has 0 spiro atoms. The summed E-state index contributed by atoms with van der Waals surface area (Å²) in [6.07, 6.45) is 0. The van der Waals surface area contributed by atoms with E-state index in [9.17, 15) is 15.3 Å². The van der Waals surface area contributed by atoms with Gasteiger partial charge in [-0.15, -0.1) is 0 Å². The smallest absolute Gasteiger partial charge is 0.134 e. The summed E-state index contributed by atoms with van der Waals surface area (Å²) in [6, 6.07) is 20.3. The maximum absolute atomic E-state index is 10.6. The van der Waals surface area contributed by atoms with Crippen molar-refractivity contribution in [3.63, 3.8) is 0 Å². The third-order valence-electron chi connectivity index (χ3n) is 6.04. The monoisotopic (exact) mass is 455 g/mol. The lowest BCUT2D eigenvalue weighted by atomic mass is 10.0. The van der Waals surface area contributed by atoms with Gasteiger partial charge in [0.1, 0.15) is 28.7 Å². The number of rotatable bonds is 5. The fourth-order valence-electron chi connectivity index (χ4n) is 4.04. The standard InChI is InChI=1S/C29H29NO4/c1-17-12-24(19(3)27(32)14-17)30(25-13-18(2)15-28(33)20(25)4)22-8-6-9-23(16-22)34-29-11-7-10-26(31)21(29)5/h6-16,31-33H,1-5H3. The summed E-state index contributed by atoms with van der Waals surface area (Å²) in [6.45, 7) is 9.42. The molecule has 0 heterocycles. The molecular formula is C29H29NO4. The Labute approximate surface area is 200 Å². The third-order valence-corrected chi connectivity index (χ3v) is 6.04. The van der Waals surface area contributed by atoms with Crippen LogP contribution in [0.5, 0.6) is 28.7 Å². The number of aromatic hydroxyl groups is 3. The molecule has 5 nitrogen and oxygen atoms in total. The molecule has 0 aromatic heterocycles. The maximum atomic E-state index is 10.6. The molecule has 0 bridgehead atoms. The summed E-state index contributed by atoms with van der Waals surface area (Å²) in [5, 5.41) is 31.2. The molecule has 0 radical (unpaired) electrons. The fourth-order valence-corrected chi connectivity index (χ4v) is 4.04. The van der Waals surface area contributed by atoms with Gasteiger partial charge in [-0.25, -0.2) is 0 Å². The normalized spacial score (nSPS) is 10.9. The first kappa shape index (κ1) is 23.1. The molecule has 0 atom stereocenters. The Morgan fingerprint density at radius 1 is 0.588 bits per heavy atom. The molecule has 3 N–H and O–H groups in total. The number of benzene rings is 4. The topological polar surface area (TPSA) is 73.2 Å². The van der Waals surface area contributed by atoms with Crippen molar-refractivity contribution in [1.29, 1.82) is 0 Å². The Morgan fingerprint density at radius 3 is 1.74 bits per heavy atom.